The minimum absolute atomic E-state index is 0.263. The smallest absolute Gasteiger partial charge is 0.308 e. The Kier molecular flexibility index (Phi) is 3.88. The van der Waals surface area contributed by atoms with Crippen LogP contribution in [-0.4, -0.2) is 16.2 Å². The van der Waals surface area contributed by atoms with Crippen LogP contribution in [0.15, 0.2) is 24.3 Å². The van der Waals surface area contributed by atoms with Gasteiger partial charge >= 0.3 is 12.2 Å². The Morgan fingerprint density at radius 1 is 1.14 bits per heavy atom. The van der Waals surface area contributed by atoms with Crippen LogP contribution in [0.25, 0.3) is 0 Å². The molecule has 0 aliphatic carbocycles. The van der Waals surface area contributed by atoms with E-state index in [-0.39, 0.29) is 5.69 Å². The van der Waals surface area contributed by atoms with Gasteiger partial charge in [-0.05, 0) is 38.1 Å². The molecule has 0 unspecified atom stereocenters. The summed E-state index contributed by atoms with van der Waals surface area (Å²) in [5.74, 6) is 0. The number of aryl methyl sites for hydroxylation is 2. The molecule has 112 valence electrons. The quantitative estimate of drug-likeness (QED) is 0.791. The summed E-state index contributed by atoms with van der Waals surface area (Å²) in [5.41, 5.74) is 1.35. The van der Waals surface area contributed by atoms with Gasteiger partial charge in [0, 0.05) is 5.69 Å². The molecule has 2 rings (SSSR count). The van der Waals surface area contributed by atoms with Gasteiger partial charge in [-0.3, -0.25) is 5.10 Å². The van der Waals surface area contributed by atoms with Gasteiger partial charge in [-0.2, -0.15) is 18.3 Å². The molecule has 0 saturated carbocycles. The fraction of sp³-hybridized carbons (Fsp3) is 0.231. The molecule has 0 aliphatic rings. The highest BCUT2D eigenvalue weighted by molar-refractivity contribution is 6.00. The number of benzene rings is 1. The van der Waals surface area contributed by atoms with Crippen LogP contribution in [0.1, 0.15) is 17.0 Å². The summed E-state index contributed by atoms with van der Waals surface area (Å²) in [5, 5.41) is 11.7. The number of carbonyl (C=O) groups excluding carboxylic acids is 1. The average Bonchev–Trinajstić information content (AvgIpc) is 2.70. The maximum Gasteiger partial charge on any atom is 0.416 e. The Morgan fingerprint density at radius 3 is 2.24 bits per heavy atom. The van der Waals surface area contributed by atoms with Gasteiger partial charge in [-0.15, -0.1) is 0 Å². The first kappa shape index (κ1) is 14.9. The van der Waals surface area contributed by atoms with Gasteiger partial charge in [0.1, 0.15) is 0 Å². The summed E-state index contributed by atoms with van der Waals surface area (Å²) in [6.45, 7) is 3.46. The first-order chi connectivity index (χ1) is 9.77. The second kappa shape index (κ2) is 5.47. The molecule has 0 aliphatic heterocycles. The first-order valence-electron chi connectivity index (χ1n) is 6.04. The van der Waals surface area contributed by atoms with Crippen molar-refractivity contribution in [1.82, 2.24) is 10.2 Å². The summed E-state index contributed by atoms with van der Waals surface area (Å²) in [7, 11) is 0. The third kappa shape index (κ3) is 3.53. The van der Waals surface area contributed by atoms with Crippen LogP contribution in [0.3, 0.4) is 0 Å². The number of aromatic nitrogens is 2. The van der Waals surface area contributed by atoms with Crippen molar-refractivity contribution >= 4 is 17.4 Å². The Balaban J connectivity index is 2.03. The van der Waals surface area contributed by atoms with Gasteiger partial charge in [0.2, 0.25) is 0 Å². The predicted molar refractivity (Wildman–Crippen MR) is 72.1 cm³/mol. The predicted octanol–water partition coefficient (Wildman–Crippen LogP) is 3.69. The number of alkyl halides is 3. The Bertz CT molecular complexity index is 627. The molecule has 2 amide bonds. The van der Waals surface area contributed by atoms with Gasteiger partial charge in [0.05, 0.1) is 22.6 Å². The van der Waals surface area contributed by atoms with E-state index < -0.39 is 17.8 Å². The fourth-order valence-corrected chi connectivity index (χ4v) is 1.75. The van der Waals surface area contributed by atoms with Crippen molar-refractivity contribution in [2.45, 2.75) is 20.0 Å². The molecule has 5 nitrogen and oxygen atoms in total. The molecular weight excluding hydrogens is 285 g/mol. The minimum Gasteiger partial charge on any atom is -0.308 e. The second-order valence-electron chi connectivity index (χ2n) is 4.46. The van der Waals surface area contributed by atoms with Gasteiger partial charge in [0.15, 0.2) is 0 Å². The number of anilines is 2. The molecule has 1 aromatic heterocycles. The number of nitrogens with one attached hydrogen (secondary N) is 3. The molecule has 1 heterocycles. The molecule has 21 heavy (non-hydrogen) atoms. The largest absolute Gasteiger partial charge is 0.416 e. The number of nitrogens with zero attached hydrogens (tertiary/aromatic N) is 1. The molecule has 8 heteroatoms. The maximum atomic E-state index is 12.4. The second-order valence-corrected chi connectivity index (χ2v) is 4.46. The van der Waals surface area contributed by atoms with Gasteiger partial charge in [-0.1, -0.05) is 0 Å². The normalized spacial score (nSPS) is 11.3. The summed E-state index contributed by atoms with van der Waals surface area (Å²) in [6, 6.07) is 3.64. The lowest BCUT2D eigenvalue weighted by atomic mass is 10.2. The van der Waals surface area contributed by atoms with Crippen LogP contribution in [0.5, 0.6) is 0 Å². The van der Waals surface area contributed by atoms with E-state index in [0.29, 0.717) is 17.1 Å². The third-order valence-electron chi connectivity index (χ3n) is 2.84. The lowest BCUT2D eigenvalue weighted by Crippen LogP contribution is -2.20. The zero-order valence-electron chi connectivity index (χ0n) is 11.3. The van der Waals surface area contributed by atoms with E-state index >= 15 is 0 Å². The monoisotopic (exact) mass is 298 g/mol. The van der Waals surface area contributed by atoms with E-state index in [0.717, 1.165) is 12.1 Å². The summed E-state index contributed by atoms with van der Waals surface area (Å²) < 4.78 is 37.2. The lowest BCUT2D eigenvalue weighted by molar-refractivity contribution is -0.137. The lowest BCUT2D eigenvalue weighted by Gasteiger charge is -2.10. The van der Waals surface area contributed by atoms with E-state index in [1.54, 1.807) is 13.8 Å². The topological polar surface area (TPSA) is 69.8 Å². The van der Waals surface area contributed by atoms with Gasteiger partial charge < -0.3 is 10.6 Å². The van der Waals surface area contributed by atoms with Crippen molar-refractivity contribution in [3.8, 4) is 0 Å². The van der Waals surface area contributed by atoms with Crippen LogP contribution >= 0.6 is 0 Å². The Labute approximate surface area is 118 Å². The molecule has 0 bridgehead atoms. The minimum atomic E-state index is -4.40. The number of hydrogen-bond donors (Lipinski definition) is 3. The van der Waals surface area contributed by atoms with E-state index in [1.807, 2.05) is 0 Å². The zero-order chi connectivity index (χ0) is 15.6. The zero-order valence-corrected chi connectivity index (χ0v) is 11.3. The fourth-order valence-electron chi connectivity index (χ4n) is 1.75. The van der Waals surface area contributed by atoms with Crippen LogP contribution in [0, 0.1) is 13.8 Å². The standard InChI is InChI=1S/C13H13F3N4O/c1-7-11(8(2)20-19-7)18-12(21)17-10-5-3-9(4-6-10)13(14,15)16/h3-6H,1-2H3,(H,19,20)(H2,17,18,21). The molecule has 2 aromatic rings. The number of urea groups is 1. The van der Waals surface area contributed by atoms with Crippen molar-refractivity contribution in [2.24, 2.45) is 0 Å². The number of H-pyrrole nitrogens is 1. The Morgan fingerprint density at radius 2 is 1.76 bits per heavy atom. The van der Waals surface area contributed by atoms with Crippen molar-refractivity contribution in [1.29, 1.82) is 0 Å². The average molecular weight is 298 g/mol. The summed E-state index contributed by atoms with van der Waals surface area (Å²) in [6.07, 6.45) is -4.40. The number of rotatable bonds is 2. The summed E-state index contributed by atoms with van der Waals surface area (Å²) >= 11 is 0. The number of halogens is 3. The van der Waals surface area contributed by atoms with Crippen molar-refractivity contribution in [3.63, 3.8) is 0 Å². The molecule has 0 fully saturated rings. The first-order valence-corrected chi connectivity index (χ1v) is 6.04. The van der Waals surface area contributed by atoms with Crippen molar-refractivity contribution in [3.05, 3.63) is 41.2 Å². The van der Waals surface area contributed by atoms with E-state index in [2.05, 4.69) is 20.8 Å². The van der Waals surface area contributed by atoms with Crippen LogP contribution < -0.4 is 10.6 Å². The maximum absolute atomic E-state index is 12.4. The molecular formula is C13H13F3N4O. The Hall–Kier alpha value is -2.51. The number of hydrogen-bond acceptors (Lipinski definition) is 2. The number of amides is 2. The highest BCUT2D eigenvalue weighted by Crippen LogP contribution is 2.29. The molecule has 3 N–H and O–H groups in total. The van der Waals surface area contributed by atoms with Crippen LogP contribution in [-0.2, 0) is 6.18 Å². The summed E-state index contributed by atoms with van der Waals surface area (Å²) in [4.78, 5) is 11.8. The van der Waals surface area contributed by atoms with Gasteiger partial charge in [0.25, 0.3) is 0 Å². The molecule has 0 radical (unpaired) electrons. The SMILES string of the molecule is Cc1n[nH]c(C)c1NC(=O)Nc1ccc(C(F)(F)F)cc1. The van der Waals surface area contributed by atoms with Gasteiger partial charge in [-0.25, -0.2) is 4.79 Å². The molecule has 0 spiro atoms. The molecule has 0 saturated heterocycles. The van der Waals surface area contributed by atoms with Crippen LogP contribution in [0.2, 0.25) is 0 Å². The van der Waals surface area contributed by atoms with E-state index in [4.69, 9.17) is 0 Å². The van der Waals surface area contributed by atoms with Crippen molar-refractivity contribution < 1.29 is 18.0 Å². The molecule has 0 atom stereocenters. The van der Waals surface area contributed by atoms with E-state index in [1.165, 1.54) is 12.1 Å². The highest BCUT2D eigenvalue weighted by Gasteiger charge is 2.29. The van der Waals surface area contributed by atoms with Crippen LogP contribution in [0.4, 0.5) is 29.3 Å². The molecule has 1 aromatic carbocycles. The van der Waals surface area contributed by atoms with Crippen molar-refractivity contribution in [2.75, 3.05) is 10.6 Å². The van der Waals surface area contributed by atoms with E-state index in [9.17, 15) is 18.0 Å². The number of aromatic amines is 1. The number of carbonyl (C=O) groups is 1. The highest BCUT2D eigenvalue weighted by atomic mass is 19.4. The third-order valence-corrected chi connectivity index (χ3v) is 2.84.